The number of fused-ring (bicyclic) bond motifs is 1. The molecule has 0 aliphatic carbocycles. The zero-order valence-corrected chi connectivity index (χ0v) is 17.5. The average Bonchev–Trinajstić information content (AvgIpc) is 2.87. The average molecular weight is 420 g/mol. The lowest BCUT2D eigenvalue weighted by molar-refractivity contribution is -0.113. The second kappa shape index (κ2) is 7.46. The maximum atomic E-state index is 13.0. The normalized spacial score (nSPS) is 23.8. The predicted octanol–water partition coefficient (Wildman–Crippen LogP) is 2.80. The number of thioether (sulfide) groups is 1. The van der Waals surface area contributed by atoms with Gasteiger partial charge in [0.15, 0.2) is 11.5 Å². The van der Waals surface area contributed by atoms with Crippen LogP contribution >= 0.6 is 11.8 Å². The maximum Gasteiger partial charge on any atom is 0.270 e. The molecule has 1 aromatic heterocycles. The molecule has 1 aromatic carbocycles. The monoisotopic (exact) mass is 419 g/mol. The van der Waals surface area contributed by atoms with E-state index in [0.29, 0.717) is 23.7 Å². The summed E-state index contributed by atoms with van der Waals surface area (Å²) in [6.07, 6.45) is 1.48. The number of carbonyl (C=O) groups is 1. The van der Waals surface area contributed by atoms with Gasteiger partial charge in [0.1, 0.15) is 5.82 Å². The van der Waals surface area contributed by atoms with E-state index in [0.717, 1.165) is 18.4 Å². The highest BCUT2D eigenvalue weighted by Gasteiger charge is 2.36. The van der Waals surface area contributed by atoms with E-state index in [1.165, 1.54) is 18.9 Å². The van der Waals surface area contributed by atoms with Crippen molar-refractivity contribution in [1.82, 2.24) is 9.78 Å². The fraction of sp³-hybridized carbons (Fsp3) is 0.500. The lowest BCUT2D eigenvalue weighted by atomic mass is 9.94. The molecule has 29 heavy (non-hydrogen) atoms. The Bertz CT molecular complexity index is 996. The molecule has 0 radical (unpaired) electrons. The van der Waals surface area contributed by atoms with Crippen LogP contribution in [0.5, 0.6) is 11.5 Å². The van der Waals surface area contributed by atoms with Crippen LogP contribution in [0.2, 0.25) is 0 Å². The van der Waals surface area contributed by atoms with Gasteiger partial charge in [-0.3, -0.25) is 19.4 Å². The van der Waals surface area contributed by atoms with E-state index in [4.69, 9.17) is 9.47 Å². The summed E-state index contributed by atoms with van der Waals surface area (Å²) in [5, 5.41) is 15.4. The molecule has 2 atom stereocenters. The summed E-state index contributed by atoms with van der Waals surface area (Å²) in [7, 11) is 1.48. The van der Waals surface area contributed by atoms with E-state index >= 15 is 0 Å². The van der Waals surface area contributed by atoms with Gasteiger partial charge in [-0.2, -0.15) is 0 Å². The van der Waals surface area contributed by atoms with E-state index < -0.39 is 0 Å². The number of anilines is 1. The van der Waals surface area contributed by atoms with E-state index in [1.54, 1.807) is 22.9 Å². The maximum absolute atomic E-state index is 13.0. The van der Waals surface area contributed by atoms with Crippen molar-refractivity contribution >= 4 is 23.5 Å². The van der Waals surface area contributed by atoms with Crippen molar-refractivity contribution in [3.8, 4) is 11.5 Å². The fourth-order valence-corrected chi connectivity index (χ4v) is 5.17. The first-order chi connectivity index (χ1) is 13.8. The van der Waals surface area contributed by atoms with Crippen molar-refractivity contribution in [3.63, 3.8) is 0 Å². The number of aromatic nitrogens is 2. The summed E-state index contributed by atoms with van der Waals surface area (Å²) >= 11 is 1.38. The molecule has 4 rings (SSSR count). The van der Waals surface area contributed by atoms with E-state index in [1.807, 2.05) is 13.8 Å². The van der Waals surface area contributed by atoms with Gasteiger partial charge in [0, 0.05) is 6.61 Å². The molecular weight excluding hydrogens is 394 g/mol. The minimum Gasteiger partial charge on any atom is -0.504 e. The molecule has 0 spiro atoms. The second-order valence-corrected chi connectivity index (χ2v) is 9.09. The molecule has 0 unspecified atom stereocenters. The number of aromatic amines is 1. The van der Waals surface area contributed by atoms with Gasteiger partial charge in [0.2, 0.25) is 5.91 Å². The zero-order valence-electron chi connectivity index (χ0n) is 16.7. The number of phenols is 1. The molecule has 0 saturated carbocycles. The van der Waals surface area contributed by atoms with Crippen molar-refractivity contribution in [3.05, 3.63) is 39.7 Å². The van der Waals surface area contributed by atoms with Crippen LogP contribution in [0.15, 0.2) is 23.0 Å². The molecule has 1 saturated heterocycles. The van der Waals surface area contributed by atoms with Crippen LogP contribution in [-0.4, -0.2) is 45.9 Å². The minimum atomic E-state index is -0.365. The van der Waals surface area contributed by atoms with Crippen molar-refractivity contribution in [2.75, 3.05) is 24.8 Å². The van der Waals surface area contributed by atoms with Gasteiger partial charge in [-0.05, 0) is 44.4 Å². The number of ether oxygens (including phenoxy) is 2. The number of carbonyl (C=O) groups excluding carboxylic acids is 1. The Hall–Kier alpha value is -2.39. The smallest absolute Gasteiger partial charge is 0.270 e. The van der Waals surface area contributed by atoms with Gasteiger partial charge in [-0.25, -0.2) is 0 Å². The van der Waals surface area contributed by atoms with Crippen molar-refractivity contribution in [2.24, 2.45) is 0 Å². The highest BCUT2D eigenvalue weighted by molar-refractivity contribution is 8.00. The van der Waals surface area contributed by atoms with Gasteiger partial charge in [0.05, 0.1) is 35.3 Å². The molecular formula is C20H25N3O5S. The first kappa shape index (κ1) is 19.9. The molecule has 1 amide bonds. The van der Waals surface area contributed by atoms with Crippen LogP contribution in [0.3, 0.4) is 0 Å². The SMILES string of the molecule is COc1cc([C@@H]2SCC(=O)Nc3c2c(=O)[nH]n3[C@@H]2CCOC(C)(C)C2)ccc1O. The number of nitrogens with one attached hydrogen (secondary N) is 2. The number of aromatic hydroxyl groups is 1. The van der Waals surface area contributed by atoms with Crippen molar-refractivity contribution < 1.29 is 19.4 Å². The zero-order chi connectivity index (χ0) is 20.8. The third-order valence-electron chi connectivity index (χ3n) is 5.41. The minimum absolute atomic E-state index is 0.0219. The number of nitrogens with zero attached hydrogens (tertiary/aromatic N) is 1. The van der Waals surface area contributed by atoms with Crippen LogP contribution in [0.25, 0.3) is 0 Å². The lowest BCUT2D eigenvalue weighted by Gasteiger charge is -2.36. The van der Waals surface area contributed by atoms with Crippen LogP contribution in [0.4, 0.5) is 5.82 Å². The number of methoxy groups -OCH3 is 1. The third-order valence-corrected chi connectivity index (χ3v) is 6.68. The summed E-state index contributed by atoms with van der Waals surface area (Å²) in [5.74, 6) is 0.949. The molecule has 8 nitrogen and oxygen atoms in total. The molecule has 2 aromatic rings. The first-order valence-corrected chi connectivity index (χ1v) is 10.6. The predicted molar refractivity (Wildman–Crippen MR) is 111 cm³/mol. The number of rotatable bonds is 3. The lowest BCUT2D eigenvalue weighted by Crippen LogP contribution is -2.36. The fourth-order valence-electron chi connectivity index (χ4n) is 4.06. The third kappa shape index (κ3) is 3.76. The topological polar surface area (TPSA) is 106 Å². The Labute approximate surface area is 172 Å². The highest BCUT2D eigenvalue weighted by atomic mass is 32.2. The Kier molecular flexibility index (Phi) is 5.12. The second-order valence-electron chi connectivity index (χ2n) is 8.00. The quantitative estimate of drug-likeness (QED) is 0.707. The molecule has 156 valence electrons. The number of hydrogen-bond acceptors (Lipinski definition) is 6. The molecule has 0 bridgehead atoms. The molecule has 3 N–H and O–H groups in total. The number of amides is 1. The van der Waals surface area contributed by atoms with Crippen molar-refractivity contribution in [2.45, 2.75) is 43.6 Å². The summed E-state index contributed by atoms with van der Waals surface area (Å²) in [6.45, 7) is 4.65. The van der Waals surface area contributed by atoms with Gasteiger partial charge >= 0.3 is 0 Å². The number of benzene rings is 1. The molecule has 1 fully saturated rings. The number of phenolic OH excluding ortho intramolecular Hbond substituents is 1. The Balaban J connectivity index is 1.81. The largest absolute Gasteiger partial charge is 0.504 e. The Morgan fingerprint density at radius 2 is 2.14 bits per heavy atom. The summed E-state index contributed by atoms with van der Waals surface area (Å²) in [5.41, 5.74) is 0.774. The summed E-state index contributed by atoms with van der Waals surface area (Å²) in [4.78, 5) is 25.4. The number of H-pyrrole nitrogens is 1. The first-order valence-electron chi connectivity index (χ1n) is 9.56. The van der Waals surface area contributed by atoms with E-state index in [-0.39, 0.29) is 39.9 Å². The van der Waals surface area contributed by atoms with Gasteiger partial charge in [-0.15, -0.1) is 11.8 Å². The Morgan fingerprint density at radius 3 is 2.86 bits per heavy atom. The van der Waals surface area contributed by atoms with E-state index in [9.17, 15) is 14.7 Å². The van der Waals surface area contributed by atoms with Crippen LogP contribution < -0.4 is 15.6 Å². The molecule has 2 aliphatic heterocycles. The Morgan fingerprint density at radius 1 is 1.34 bits per heavy atom. The van der Waals surface area contributed by atoms with Gasteiger partial charge < -0.3 is 19.9 Å². The highest BCUT2D eigenvalue weighted by Crippen LogP contribution is 2.43. The van der Waals surface area contributed by atoms with Gasteiger partial charge in [0.25, 0.3) is 5.56 Å². The van der Waals surface area contributed by atoms with Crippen LogP contribution in [0, 0.1) is 0 Å². The molecule has 3 heterocycles. The molecule has 2 aliphatic rings. The summed E-state index contributed by atoms with van der Waals surface area (Å²) in [6, 6.07) is 5.03. The standard InChI is InChI=1S/C20H25N3O5S/c1-20(2)9-12(6-7-28-20)23-18-16(19(26)22-23)17(29-10-15(25)21-18)11-4-5-13(24)14(8-11)27-3/h4-5,8,12,17,24H,6-7,9-10H2,1-3H3,(H,21,25)(H,22,26)/t12-,17+/m1/s1. The van der Waals surface area contributed by atoms with Crippen LogP contribution in [0.1, 0.15) is 49.1 Å². The molecule has 9 heteroatoms. The van der Waals surface area contributed by atoms with Gasteiger partial charge in [-0.1, -0.05) is 6.07 Å². The van der Waals surface area contributed by atoms with Crippen LogP contribution in [-0.2, 0) is 9.53 Å². The van der Waals surface area contributed by atoms with E-state index in [2.05, 4.69) is 10.4 Å². The number of hydrogen-bond donors (Lipinski definition) is 3. The summed E-state index contributed by atoms with van der Waals surface area (Å²) < 4.78 is 12.8. The van der Waals surface area contributed by atoms with Crippen molar-refractivity contribution in [1.29, 1.82) is 0 Å².